The average Bonchev–Trinajstić information content (AvgIpc) is 2.47. The first-order valence-electron chi connectivity index (χ1n) is 7.05. The van der Waals surface area contributed by atoms with Crippen LogP contribution in [0.3, 0.4) is 0 Å². The Kier molecular flexibility index (Phi) is 9.48. The molecule has 1 unspecified atom stereocenters. The summed E-state index contributed by atoms with van der Waals surface area (Å²) in [5, 5.41) is 22.5. The van der Waals surface area contributed by atoms with Crippen molar-refractivity contribution in [2.45, 2.75) is 31.3 Å². The Morgan fingerprint density at radius 3 is 2.25 bits per heavy atom. The van der Waals surface area contributed by atoms with E-state index in [0.717, 1.165) is 0 Å². The largest absolute Gasteiger partial charge is 0.481 e. The second-order valence-corrected chi connectivity index (χ2v) is 4.93. The van der Waals surface area contributed by atoms with Crippen molar-refractivity contribution < 1.29 is 24.3 Å². The van der Waals surface area contributed by atoms with Crippen molar-refractivity contribution in [2.75, 3.05) is 13.1 Å². The minimum absolute atomic E-state index is 0.185. The lowest BCUT2D eigenvalue weighted by atomic mass is 10.1. The van der Waals surface area contributed by atoms with Crippen LogP contribution in [-0.4, -0.2) is 59.9 Å². The third-order valence-electron chi connectivity index (χ3n) is 2.82. The van der Waals surface area contributed by atoms with Crippen molar-refractivity contribution in [1.82, 2.24) is 16.0 Å². The van der Waals surface area contributed by atoms with Gasteiger partial charge in [0, 0.05) is 6.54 Å². The highest BCUT2D eigenvalue weighted by molar-refractivity contribution is 5.92. The number of hydrogen-bond donors (Lipinski definition) is 8. The number of rotatable bonds is 11. The van der Waals surface area contributed by atoms with Gasteiger partial charge >= 0.3 is 5.97 Å². The monoisotopic (exact) mass is 345 g/mol. The second kappa shape index (κ2) is 10.8. The van der Waals surface area contributed by atoms with Gasteiger partial charge in [0.1, 0.15) is 6.04 Å². The van der Waals surface area contributed by atoms with Gasteiger partial charge in [-0.3, -0.25) is 24.6 Å². The maximum Gasteiger partial charge on any atom is 0.305 e. The maximum atomic E-state index is 11.7. The molecule has 0 rings (SSSR count). The zero-order chi connectivity index (χ0) is 18.7. The Morgan fingerprint density at radius 1 is 1.12 bits per heavy atom. The molecule has 2 atom stereocenters. The number of carboxylic acid groups (broad SMARTS) is 1. The smallest absolute Gasteiger partial charge is 0.305 e. The highest BCUT2D eigenvalue weighted by Crippen LogP contribution is 1.94. The molecule has 0 fully saturated rings. The van der Waals surface area contributed by atoms with Crippen LogP contribution >= 0.6 is 0 Å². The van der Waals surface area contributed by atoms with Gasteiger partial charge in [-0.2, -0.15) is 0 Å². The fraction of sp³-hybridized carbons (Fsp3) is 0.583. The fourth-order valence-corrected chi connectivity index (χ4v) is 1.62. The van der Waals surface area contributed by atoms with Crippen LogP contribution in [0.25, 0.3) is 0 Å². The molecule has 0 aromatic carbocycles. The number of nitrogens with two attached hydrogens (primary N) is 3. The van der Waals surface area contributed by atoms with E-state index in [4.69, 9.17) is 27.7 Å². The molecule has 0 aromatic heterocycles. The molecule has 0 aliphatic heterocycles. The van der Waals surface area contributed by atoms with E-state index in [1.54, 1.807) is 0 Å². The molecule has 12 heteroatoms. The van der Waals surface area contributed by atoms with Crippen molar-refractivity contribution in [3.05, 3.63) is 0 Å². The van der Waals surface area contributed by atoms with Crippen LogP contribution in [0.4, 0.5) is 0 Å². The zero-order valence-electron chi connectivity index (χ0n) is 13.0. The molecule has 0 spiro atoms. The molecule has 0 heterocycles. The second-order valence-electron chi connectivity index (χ2n) is 4.93. The Balaban J connectivity index is 4.14. The van der Waals surface area contributed by atoms with Crippen LogP contribution in [0, 0.1) is 5.41 Å². The van der Waals surface area contributed by atoms with Crippen molar-refractivity contribution in [3.8, 4) is 0 Å². The van der Waals surface area contributed by atoms with E-state index >= 15 is 0 Å². The van der Waals surface area contributed by atoms with Crippen molar-refractivity contribution in [3.63, 3.8) is 0 Å². The molecule has 136 valence electrons. The number of aliphatic carboxylic acids is 1. The third-order valence-corrected chi connectivity index (χ3v) is 2.82. The first-order chi connectivity index (χ1) is 11.1. The molecule has 0 saturated carbocycles. The van der Waals surface area contributed by atoms with Crippen molar-refractivity contribution in [1.29, 1.82) is 5.41 Å². The quantitative estimate of drug-likeness (QED) is 0.105. The lowest BCUT2D eigenvalue weighted by Crippen LogP contribution is -2.50. The maximum absolute atomic E-state index is 11.7. The topological polar surface area (TPSA) is 227 Å². The van der Waals surface area contributed by atoms with Gasteiger partial charge < -0.3 is 38.3 Å². The summed E-state index contributed by atoms with van der Waals surface area (Å²) in [6.45, 7) is -0.0894. The molecule has 12 nitrogen and oxygen atoms in total. The summed E-state index contributed by atoms with van der Waals surface area (Å²) < 4.78 is 0. The number of guanidine groups is 1. The van der Waals surface area contributed by atoms with Gasteiger partial charge in [0.2, 0.25) is 17.7 Å². The normalized spacial score (nSPS) is 12.5. The predicted molar refractivity (Wildman–Crippen MR) is 83.5 cm³/mol. The number of carbonyl (C=O) groups excluding carboxylic acids is 3. The van der Waals surface area contributed by atoms with E-state index in [1.165, 1.54) is 0 Å². The van der Waals surface area contributed by atoms with Crippen LogP contribution in [0.15, 0.2) is 0 Å². The summed E-state index contributed by atoms with van der Waals surface area (Å²) in [6, 6.07) is -2.23. The Bertz CT molecular complexity index is 496. The van der Waals surface area contributed by atoms with Crippen LogP contribution in [0.5, 0.6) is 0 Å². The number of carbonyl (C=O) groups is 4. The zero-order valence-corrected chi connectivity index (χ0v) is 13.0. The Labute approximate surface area is 138 Å². The van der Waals surface area contributed by atoms with Crippen LogP contribution in [0.2, 0.25) is 0 Å². The Morgan fingerprint density at radius 2 is 1.75 bits per heavy atom. The molecule has 0 aromatic rings. The van der Waals surface area contributed by atoms with E-state index in [1.807, 2.05) is 0 Å². The minimum Gasteiger partial charge on any atom is -0.481 e. The van der Waals surface area contributed by atoms with Gasteiger partial charge in [-0.25, -0.2) is 0 Å². The van der Waals surface area contributed by atoms with Gasteiger partial charge in [0.25, 0.3) is 0 Å². The number of nitrogens with one attached hydrogen (secondary N) is 4. The first-order valence-corrected chi connectivity index (χ1v) is 7.05. The SMILES string of the molecule is N=C(N)NCCCC(N)C(=O)NCC(=O)N[C@@H](CC(=O)O)C(N)=O. The third kappa shape index (κ3) is 9.94. The molecular formula is C12H23N7O5. The average molecular weight is 345 g/mol. The van der Waals surface area contributed by atoms with E-state index in [0.29, 0.717) is 19.4 Å². The van der Waals surface area contributed by atoms with E-state index in [2.05, 4.69) is 16.0 Å². The highest BCUT2D eigenvalue weighted by atomic mass is 16.4. The lowest BCUT2D eigenvalue weighted by Gasteiger charge is -2.15. The van der Waals surface area contributed by atoms with Gasteiger partial charge in [-0.1, -0.05) is 0 Å². The summed E-state index contributed by atoms with van der Waals surface area (Å²) in [5.41, 5.74) is 15.7. The van der Waals surface area contributed by atoms with E-state index in [-0.39, 0.29) is 5.96 Å². The van der Waals surface area contributed by atoms with E-state index in [9.17, 15) is 19.2 Å². The van der Waals surface area contributed by atoms with Gasteiger partial charge in [-0.05, 0) is 12.8 Å². The molecule has 0 aliphatic carbocycles. The lowest BCUT2D eigenvalue weighted by molar-refractivity contribution is -0.140. The molecule has 0 aliphatic rings. The van der Waals surface area contributed by atoms with Crippen LogP contribution in [0.1, 0.15) is 19.3 Å². The molecule has 11 N–H and O–H groups in total. The fourth-order valence-electron chi connectivity index (χ4n) is 1.62. The highest BCUT2D eigenvalue weighted by Gasteiger charge is 2.22. The molecule has 24 heavy (non-hydrogen) atoms. The van der Waals surface area contributed by atoms with Crippen LogP contribution < -0.4 is 33.2 Å². The predicted octanol–water partition coefficient (Wildman–Crippen LogP) is -3.86. The Hall–Kier alpha value is -2.89. The standard InChI is InChI=1S/C12H23N7O5/c13-6(2-1-3-17-12(15)16)11(24)18-5-8(20)19-7(10(14)23)4-9(21)22/h6-7H,1-5,13H2,(H2,14,23)(H,18,24)(H,19,20)(H,21,22)(H4,15,16,17)/t6?,7-/m0/s1. The molecular weight excluding hydrogens is 322 g/mol. The molecule has 0 radical (unpaired) electrons. The number of carboxylic acids is 1. The molecule has 0 saturated heterocycles. The molecule has 0 bridgehead atoms. The number of amides is 3. The molecule has 3 amide bonds. The number of primary amides is 1. The minimum atomic E-state index is -1.36. The van der Waals surface area contributed by atoms with E-state index < -0.39 is 48.7 Å². The number of hydrogen-bond acceptors (Lipinski definition) is 6. The van der Waals surface area contributed by atoms with Gasteiger partial charge in [0.05, 0.1) is 19.0 Å². The van der Waals surface area contributed by atoms with Gasteiger partial charge in [-0.15, -0.1) is 0 Å². The summed E-state index contributed by atoms with van der Waals surface area (Å²) in [5.74, 6) is -3.83. The van der Waals surface area contributed by atoms with Gasteiger partial charge in [0.15, 0.2) is 5.96 Å². The summed E-state index contributed by atoms with van der Waals surface area (Å²) in [4.78, 5) is 44.8. The van der Waals surface area contributed by atoms with Crippen LogP contribution in [-0.2, 0) is 19.2 Å². The summed E-state index contributed by atoms with van der Waals surface area (Å²) in [6.07, 6.45) is 0.136. The van der Waals surface area contributed by atoms with Crippen molar-refractivity contribution >= 4 is 29.7 Å². The summed E-state index contributed by atoms with van der Waals surface area (Å²) in [7, 11) is 0. The first kappa shape index (κ1) is 21.1. The van der Waals surface area contributed by atoms with Crippen molar-refractivity contribution in [2.24, 2.45) is 17.2 Å². The summed E-state index contributed by atoms with van der Waals surface area (Å²) >= 11 is 0.